The molecule has 0 spiro atoms. The Hall–Kier alpha value is -2.08. The molecule has 138 valence electrons. The van der Waals surface area contributed by atoms with E-state index in [1.807, 2.05) is 36.7 Å². The van der Waals surface area contributed by atoms with Crippen LogP contribution in [0.1, 0.15) is 24.0 Å². The van der Waals surface area contributed by atoms with Crippen molar-refractivity contribution in [2.75, 3.05) is 0 Å². The molecule has 7 heteroatoms. The highest BCUT2D eigenvalue weighted by Gasteiger charge is 2.45. The first-order valence-electron chi connectivity index (χ1n) is 8.19. The fourth-order valence-corrected chi connectivity index (χ4v) is 2.89. The van der Waals surface area contributed by atoms with Crippen LogP contribution >= 0.6 is 24.8 Å². The first-order chi connectivity index (χ1) is 11.6. The number of nitrogens with two attached hydrogens (primary N) is 1. The molecule has 3 N–H and O–H groups in total. The Morgan fingerprint density at radius 2 is 1.85 bits per heavy atom. The summed E-state index contributed by atoms with van der Waals surface area (Å²) in [6.45, 7) is 1.26. The number of amides is 1. The molecule has 3 aromatic rings. The lowest BCUT2D eigenvalue weighted by molar-refractivity contribution is -0.123. The molecule has 2 aromatic carbocycles. The number of benzene rings is 2. The average Bonchev–Trinajstić information content (AvgIpc) is 3.24. The molecule has 1 fully saturated rings. The lowest BCUT2D eigenvalue weighted by Crippen LogP contribution is -2.42. The molecule has 0 bridgehead atoms. The van der Waals surface area contributed by atoms with E-state index < -0.39 is 5.54 Å². The third kappa shape index (κ3) is 4.18. The Morgan fingerprint density at radius 3 is 2.62 bits per heavy atom. The third-order valence-corrected chi connectivity index (χ3v) is 4.57. The largest absolute Gasteiger partial charge is 0.350 e. The van der Waals surface area contributed by atoms with Crippen LogP contribution < -0.4 is 11.1 Å². The normalized spacial score (nSPS) is 14.2. The zero-order valence-electron chi connectivity index (χ0n) is 14.2. The number of halogens is 2. The zero-order chi connectivity index (χ0) is 16.6. The Labute approximate surface area is 164 Å². The summed E-state index contributed by atoms with van der Waals surface area (Å²) in [5.74, 6) is -0.0477. The summed E-state index contributed by atoms with van der Waals surface area (Å²) in [5, 5.41) is 2.93. The van der Waals surface area contributed by atoms with Crippen molar-refractivity contribution in [3.05, 3.63) is 66.0 Å². The Bertz CT molecular complexity index is 905. The van der Waals surface area contributed by atoms with E-state index in [0.29, 0.717) is 6.54 Å². The number of fused-ring (bicyclic) bond motifs is 1. The average molecular weight is 393 g/mol. The monoisotopic (exact) mass is 392 g/mol. The van der Waals surface area contributed by atoms with Crippen molar-refractivity contribution in [2.45, 2.75) is 31.5 Å². The molecule has 4 rings (SSSR count). The molecule has 1 amide bonds. The van der Waals surface area contributed by atoms with E-state index in [-0.39, 0.29) is 30.7 Å². The van der Waals surface area contributed by atoms with Gasteiger partial charge in [0.05, 0.1) is 22.9 Å². The van der Waals surface area contributed by atoms with Gasteiger partial charge in [-0.1, -0.05) is 36.4 Å². The third-order valence-electron chi connectivity index (χ3n) is 4.57. The van der Waals surface area contributed by atoms with Gasteiger partial charge in [0.15, 0.2) is 0 Å². The van der Waals surface area contributed by atoms with Gasteiger partial charge in [0.1, 0.15) is 0 Å². The van der Waals surface area contributed by atoms with Crippen molar-refractivity contribution in [1.82, 2.24) is 14.9 Å². The van der Waals surface area contributed by atoms with Crippen LogP contribution in [0.15, 0.2) is 54.9 Å². The van der Waals surface area contributed by atoms with E-state index in [2.05, 4.69) is 33.1 Å². The fourth-order valence-electron chi connectivity index (χ4n) is 2.89. The van der Waals surface area contributed by atoms with Crippen molar-refractivity contribution >= 4 is 41.8 Å². The van der Waals surface area contributed by atoms with E-state index in [1.165, 1.54) is 5.56 Å². The minimum absolute atomic E-state index is 0. The zero-order valence-corrected chi connectivity index (χ0v) is 15.9. The van der Waals surface area contributed by atoms with Gasteiger partial charge < -0.3 is 15.6 Å². The summed E-state index contributed by atoms with van der Waals surface area (Å²) < 4.78 is 2.13. The Morgan fingerprint density at radius 1 is 1.12 bits per heavy atom. The molecule has 1 heterocycles. The van der Waals surface area contributed by atoms with Gasteiger partial charge in [-0.2, -0.15) is 0 Å². The van der Waals surface area contributed by atoms with Crippen LogP contribution in [0.4, 0.5) is 0 Å². The highest BCUT2D eigenvalue weighted by Crippen LogP contribution is 2.32. The topological polar surface area (TPSA) is 72.9 Å². The predicted octanol–water partition coefficient (Wildman–Crippen LogP) is 3.04. The van der Waals surface area contributed by atoms with Crippen molar-refractivity contribution in [1.29, 1.82) is 0 Å². The lowest BCUT2D eigenvalue weighted by atomic mass is 10.1. The first kappa shape index (κ1) is 20.2. The van der Waals surface area contributed by atoms with Gasteiger partial charge in [-0.15, -0.1) is 24.8 Å². The SMILES string of the molecule is Cl.Cl.NC1(C(=O)NCc2cccc(Cn3cnc4ccccc43)c2)CC1. The van der Waals surface area contributed by atoms with Crippen LogP contribution in [-0.4, -0.2) is 21.0 Å². The van der Waals surface area contributed by atoms with Crippen LogP contribution in [0, 0.1) is 0 Å². The van der Waals surface area contributed by atoms with Gasteiger partial charge in [0, 0.05) is 13.1 Å². The highest BCUT2D eigenvalue weighted by atomic mass is 35.5. The molecule has 0 aliphatic heterocycles. The number of carbonyl (C=O) groups is 1. The second-order valence-corrected chi connectivity index (χ2v) is 6.52. The summed E-state index contributed by atoms with van der Waals surface area (Å²) >= 11 is 0. The number of aromatic nitrogens is 2. The van der Waals surface area contributed by atoms with Crippen molar-refractivity contribution in [3.8, 4) is 0 Å². The summed E-state index contributed by atoms with van der Waals surface area (Å²) in [4.78, 5) is 16.4. The molecular formula is C19H22Cl2N4O. The van der Waals surface area contributed by atoms with Crippen LogP contribution in [0.2, 0.25) is 0 Å². The van der Waals surface area contributed by atoms with Gasteiger partial charge in [-0.05, 0) is 36.1 Å². The molecule has 1 aromatic heterocycles. The quantitative estimate of drug-likeness (QED) is 0.700. The molecule has 26 heavy (non-hydrogen) atoms. The Kier molecular flexibility index (Phi) is 6.29. The minimum Gasteiger partial charge on any atom is -0.350 e. The molecule has 1 aliphatic carbocycles. The molecule has 0 saturated heterocycles. The maximum atomic E-state index is 11.9. The Balaban J connectivity index is 0.00000121. The molecule has 1 aliphatic rings. The number of rotatable bonds is 5. The number of carbonyl (C=O) groups excluding carboxylic acids is 1. The number of nitrogens with zero attached hydrogens (tertiary/aromatic N) is 2. The maximum Gasteiger partial charge on any atom is 0.240 e. The van der Waals surface area contributed by atoms with E-state index >= 15 is 0 Å². The van der Waals surface area contributed by atoms with Crippen molar-refractivity contribution in [2.24, 2.45) is 5.73 Å². The van der Waals surface area contributed by atoms with Gasteiger partial charge in [0.25, 0.3) is 0 Å². The van der Waals surface area contributed by atoms with E-state index in [9.17, 15) is 4.79 Å². The van der Waals surface area contributed by atoms with Crippen LogP contribution in [0.3, 0.4) is 0 Å². The van der Waals surface area contributed by atoms with Crippen molar-refractivity contribution in [3.63, 3.8) is 0 Å². The fraction of sp³-hybridized carbons (Fsp3) is 0.263. The molecule has 1 saturated carbocycles. The summed E-state index contributed by atoms with van der Waals surface area (Å²) in [6.07, 6.45) is 3.43. The second kappa shape index (κ2) is 8.08. The molecule has 0 unspecified atom stereocenters. The lowest BCUT2D eigenvalue weighted by Gasteiger charge is -2.11. The van der Waals surface area contributed by atoms with Gasteiger partial charge in [-0.25, -0.2) is 4.98 Å². The van der Waals surface area contributed by atoms with Crippen LogP contribution in [0.25, 0.3) is 11.0 Å². The summed E-state index contributed by atoms with van der Waals surface area (Å²) in [5.41, 5.74) is 9.66. The number of imidazole rings is 1. The smallest absolute Gasteiger partial charge is 0.240 e. The number of hydrogen-bond donors (Lipinski definition) is 2. The standard InChI is InChI=1S/C19H20N4O.2ClH/c20-19(8-9-19)18(24)21-11-14-4-3-5-15(10-14)12-23-13-22-16-6-1-2-7-17(16)23;;/h1-7,10,13H,8-9,11-12,20H2,(H,21,24);2*1H. The van der Waals surface area contributed by atoms with E-state index in [0.717, 1.165) is 36.0 Å². The van der Waals surface area contributed by atoms with E-state index in [1.54, 1.807) is 0 Å². The number of para-hydroxylation sites is 2. The number of nitrogens with one attached hydrogen (secondary N) is 1. The van der Waals surface area contributed by atoms with Gasteiger partial charge in [0.2, 0.25) is 5.91 Å². The summed E-state index contributed by atoms with van der Waals surface area (Å²) in [6, 6.07) is 16.3. The minimum atomic E-state index is -0.618. The maximum absolute atomic E-state index is 11.9. The molecular weight excluding hydrogens is 371 g/mol. The number of hydrogen-bond acceptors (Lipinski definition) is 3. The van der Waals surface area contributed by atoms with Gasteiger partial charge in [-0.3, -0.25) is 4.79 Å². The molecule has 0 radical (unpaired) electrons. The second-order valence-electron chi connectivity index (χ2n) is 6.52. The first-order valence-corrected chi connectivity index (χ1v) is 8.19. The van der Waals surface area contributed by atoms with Crippen LogP contribution in [0.5, 0.6) is 0 Å². The molecule has 5 nitrogen and oxygen atoms in total. The van der Waals surface area contributed by atoms with Gasteiger partial charge >= 0.3 is 0 Å². The summed E-state index contributed by atoms with van der Waals surface area (Å²) in [7, 11) is 0. The molecule has 0 atom stereocenters. The van der Waals surface area contributed by atoms with Crippen molar-refractivity contribution < 1.29 is 4.79 Å². The highest BCUT2D eigenvalue weighted by molar-refractivity contribution is 5.88. The predicted molar refractivity (Wildman–Crippen MR) is 108 cm³/mol. The van der Waals surface area contributed by atoms with Crippen LogP contribution in [-0.2, 0) is 17.9 Å². The van der Waals surface area contributed by atoms with E-state index in [4.69, 9.17) is 5.73 Å².